The van der Waals surface area contributed by atoms with Crippen molar-refractivity contribution >= 4 is 53.7 Å². The summed E-state index contributed by atoms with van der Waals surface area (Å²) in [6.45, 7) is 26.1. The number of ether oxygens (including phenoxy) is 9. The van der Waals surface area contributed by atoms with Crippen molar-refractivity contribution in [1.82, 2.24) is 0 Å². The van der Waals surface area contributed by atoms with Crippen molar-refractivity contribution in [3.8, 4) is 0 Å². The Bertz CT molecular complexity index is 2060. The first-order valence-electron chi connectivity index (χ1n) is 27.2. The van der Waals surface area contributed by atoms with E-state index >= 15 is 0 Å². The Morgan fingerprint density at radius 2 is 0.919 bits per heavy atom. The molecule has 18 nitrogen and oxygen atoms in total. The molecule has 4 saturated carbocycles. The molecule has 4 heterocycles. The number of esters is 9. The van der Waals surface area contributed by atoms with E-state index in [0.717, 1.165) is 51.4 Å². The van der Waals surface area contributed by atoms with Gasteiger partial charge in [-0.3, -0.25) is 38.4 Å². The van der Waals surface area contributed by atoms with Gasteiger partial charge in [-0.05, 0) is 139 Å². The van der Waals surface area contributed by atoms with E-state index in [1.165, 1.54) is 0 Å². The lowest BCUT2D eigenvalue weighted by Gasteiger charge is -2.36. The van der Waals surface area contributed by atoms with Crippen molar-refractivity contribution in [2.45, 2.75) is 242 Å². The number of hydrogen-bond acceptors (Lipinski definition) is 18. The minimum absolute atomic E-state index is 0.00383. The molecular weight excluding hydrogens is 961 g/mol. The van der Waals surface area contributed by atoms with Gasteiger partial charge in [-0.2, -0.15) is 0 Å². The van der Waals surface area contributed by atoms with Gasteiger partial charge in [0.2, 0.25) is 0 Å². The van der Waals surface area contributed by atoms with Crippen LogP contribution in [-0.4, -0.2) is 109 Å². The minimum atomic E-state index is -0.612. The molecule has 18 heteroatoms. The van der Waals surface area contributed by atoms with Crippen LogP contribution in [0.25, 0.3) is 0 Å². The van der Waals surface area contributed by atoms with Crippen LogP contribution in [0.3, 0.4) is 0 Å². The van der Waals surface area contributed by atoms with Crippen LogP contribution >= 0.6 is 0 Å². The Balaban J connectivity index is 0.000000183. The summed E-state index contributed by atoms with van der Waals surface area (Å²) in [7, 11) is 0. The van der Waals surface area contributed by atoms with Gasteiger partial charge >= 0.3 is 53.7 Å². The van der Waals surface area contributed by atoms with Gasteiger partial charge in [0.15, 0.2) is 6.61 Å². The molecule has 0 aromatic carbocycles. The second kappa shape index (κ2) is 24.1. The Labute approximate surface area is 437 Å². The van der Waals surface area contributed by atoms with Crippen LogP contribution < -0.4 is 0 Å². The largest absolute Gasteiger partial charge is 0.458 e. The number of carbonyl (C=O) groups excluding carboxylic acids is 9. The van der Waals surface area contributed by atoms with Crippen LogP contribution in [0.2, 0.25) is 0 Å². The first-order chi connectivity index (χ1) is 34.4. The predicted molar refractivity (Wildman–Crippen MR) is 265 cm³/mol. The maximum Gasteiger partial charge on any atom is 0.344 e. The second-order valence-electron chi connectivity index (χ2n) is 24.6. The molecule has 8 rings (SSSR count). The van der Waals surface area contributed by atoms with E-state index in [9.17, 15) is 43.2 Å². The summed E-state index contributed by atoms with van der Waals surface area (Å²) in [5, 5.41) is 0. The molecule has 4 saturated heterocycles. The molecule has 8 aliphatic rings. The van der Waals surface area contributed by atoms with Crippen molar-refractivity contribution < 1.29 is 85.8 Å². The Morgan fingerprint density at radius 1 is 0.500 bits per heavy atom. The normalized spacial score (nSPS) is 32.5. The number of fused-ring (bicyclic) bond motifs is 8. The third-order valence-electron chi connectivity index (χ3n) is 17.2. The summed E-state index contributed by atoms with van der Waals surface area (Å²) in [6.07, 6.45) is 8.59. The van der Waals surface area contributed by atoms with Gasteiger partial charge in [-0.1, -0.05) is 34.6 Å². The maximum atomic E-state index is 12.1. The van der Waals surface area contributed by atoms with Crippen molar-refractivity contribution in [3.05, 3.63) is 0 Å². The summed E-state index contributed by atoms with van der Waals surface area (Å²) in [6, 6.07) is 0. The highest BCUT2D eigenvalue weighted by atomic mass is 16.6. The fourth-order valence-corrected chi connectivity index (χ4v) is 10.00. The molecule has 74 heavy (non-hydrogen) atoms. The zero-order chi connectivity index (χ0) is 55.3. The molecule has 418 valence electrons. The smallest absolute Gasteiger partial charge is 0.344 e. The van der Waals surface area contributed by atoms with Crippen molar-refractivity contribution in [2.24, 2.45) is 51.2 Å². The van der Waals surface area contributed by atoms with Crippen molar-refractivity contribution in [1.29, 1.82) is 0 Å². The fourth-order valence-electron chi connectivity index (χ4n) is 10.00. The lowest BCUT2D eigenvalue weighted by atomic mass is 9.79. The highest BCUT2D eigenvalue weighted by molar-refractivity contribution is 5.81. The van der Waals surface area contributed by atoms with Gasteiger partial charge in [-0.15, -0.1) is 0 Å². The molecular formula is C56H86O18. The van der Waals surface area contributed by atoms with Gasteiger partial charge < -0.3 is 42.6 Å². The summed E-state index contributed by atoms with van der Waals surface area (Å²) in [5.41, 5.74) is -2.63. The van der Waals surface area contributed by atoms with Gasteiger partial charge in [-0.25, -0.2) is 4.79 Å². The third kappa shape index (κ3) is 14.4. The Morgan fingerprint density at radius 3 is 1.43 bits per heavy atom. The first kappa shape index (κ1) is 60.1. The van der Waals surface area contributed by atoms with Gasteiger partial charge in [0.05, 0.1) is 45.3 Å². The molecule has 13 unspecified atom stereocenters. The van der Waals surface area contributed by atoms with E-state index in [2.05, 4.69) is 0 Å². The average Bonchev–Trinajstić information content (AvgIpc) is 4.02. The van der Waals surface area contributed by atoms with E-state index in [4.69, 9.17) is 42.6 Å². The minimum Gasteiger partial charge on any atom is -0.458 e. The number of carbonyl (C=O) groups is 9. The van der Waals surface area contributed by atoms with Crippen LogP contribution in [0.15, 0.2) is 0 Å². The summed E-state index contributed by atoms with van der Waals surface area (Å²) in [4.78, 5) is 106. The molecule has 8 fully saturated rings. The second-order valence-corrected chi connectivity index (χ2v) is 24.6. The quantitative estimate of drug-likeness (QED) is 0.117. The highest BCUT2D eigenvalue weighted by Gasteiger charge is 2.55. The van der Waals surface area contributed by atoms with Crippen LogP contribution in [0.4, 0.5) is 0 Å². The molecule has 0 radical (unpaired) electrons. The summed E-state index contributed by atoms with van der Waals surface area (Å²) >= 11 is 0. The predicted octanol–water partition coefficient (Wildman–Crippen LogP) is 8.42. The first-order valence-corrected chi connectivity index (χ1v) is 27.2. The third-order valence-corrected chi connectivity index (χ3v) is 17.2. The van der Waals surface area contributed by atoms with Gasteiger partial charge in [0.25, 0.3) is 0 Å². The molecule has 0 aromatic rings. The molecule has 4 aliphatic carbocycles. The maximum absolute atomic E-state index is 12.1. The van der Waals surface area contributed by atoms with Crippen LogP contribution in [0, 0.1) is 51.2 Å². The van der Waals surface area contributed by atoms with Crippen LogP contribution in [0.1, 0.15) is 193 Å². The standard InChI is InChI=1S/C15H22O6.2C14H22O4.C13H20O4/c1-4-15(2,3)14(18)19-8-12(16)20-10-6-5-9-7-11(10)21-13(9)17;1-5-14(3,4)13(16)18-11-8(2)6-9-7-10(11)17-12(9)15;1-5-13(2,3)12(16)17-10-7-6-9-8-14(10,4)18-11(9)15;1-4-13(2,3)12(15)17-9-6-5-8-7-10(9)16-11(8)14/h9-11H,4-8H2,1-3H3;8-11H,5-7H2,1-4H3;9-10H,5-8H2,1-4H3;8-10H,4-7H2,1-3H3. The van der Waals surface area contributed by atoms with Crippen LogP contribution in [-0.2, 0) is 85.8 Å². The summed E-state index contributed by atoms with van der Waals surface area (Å²) in [5.74, 6) is -1.97. The van der Waals surface area contributed by atoms with Crippen molar-refractivity contribution in [3.63, 3.8) is 0 Å². The van der Waals surface area contributed by atoms with Crippen LogP contribution in [0.5, 0.6) is 0 Å². The van der Waals surface area contributed by atoms with E-state index in [1.807, 2.05) is 83.1 Å². The van der Waals surface area contributed by atoms with E-state index < -0.39 is 51.9 Å². The summed E-state index contributed by atoms with van der Waals surface area (Å²) < 4.78 is 48.1. The van der Waals surface area contributed by atoms with Crippen molar-refractivity contribution in [2.75, 3.05) is 6.61 Å². The molecule has 0 amide bonds. The molecule has 0 N–H and O–H groups in total. The van der Waals surface area contributed by atoms with Gasteiger partial charge in [0.1, 0.15) is 48.3 Å². The van der Waals surface area contributed by atoms with E-state index in [-0.39, 0.29) is 108 Å². The molecule has 0 aromatic heterocycles. The molecule has 8 bridgehead atoms. The Hall–Kier alpha value is -4.77. The topological polar surface area (TPSA) is 237 Å². The molecule has 13 atom stereocenters. The molecule has 4 aliphatic heterocycles. The fraction of sp³-hybridized carbons (Fsp3) is 0.839. The number of hydrogen-bond donors (Lipinski definition) is 0. The highest BCUT2D eigenvalue weighted by Crippen LogP contribution is 2.45. The SMILES string of the molecule is CCC(C)(C)C(=O)OC1C(C)CC2CC1OC2=O.CCC(C)(C)C(=O)OC1CCC2CC1(C)OC2=O.CCC(C)(C)C(=O)OC1CCC2CC1OC2=O.CCC(C)(C)C(=O)OCC(=O)OC1CCC2CC1OC2=O. The zero-order valence-corrected chi connectivity index (χ0v) is 46.6. The van der Waals surface area contributed by atoms with E-state index in [1.54, 1.807) is 13.8 Å². The molecule has 0 spiro atoms. The Kier molecular flexibility index (Phi) is 19.5. The lowest BCUT2D eigenvalue weighted by molar-refractivity contribution is -0.180. The van der Waals surface area contributed by atoms with E-state index in [0.29, 0.717) is 44.9 Å². The zero-order valence-electron chi connectivity index (χ0n) is 46.6. The monoisotopic (exact) mass is 1050 g/mol. The average molecular weight is 1050 g/mol. The van der Waals surface area contributed by atoms with Gasteiger partial charge in [0, 0.05) is 25.7 Å². The lowest BCUT2D eigenvalue weighted by Crippen LogP contribution is -2.45. The number of rotatable bonds is 14.